The van der Waals surface area contributed by atoms with Gasteiger partial charge in [0.1, 0.15) is 0 Å². The van der Waals surface area contributed by atoms with Crippen LogP contribution in [0.3, 0.4) is 0 Å². The summed E-state index contributed by atoms with van der Waals surface area (Å²) in [6.07, 6.45) is 0.809. The average Bonchev–Trinajstić information content (AvgIpc) is 2.19. The van der Waals surface area contributed by atoms with E-state index in [-0.39, 0.29) is 6.61 Å². The Morgan fingerprint density at radius 1 is 1.43 bits per heavy atom. The van der Waals surface area contributed by atoms with Gasteiger partial charge in [-0.05, 0) is 31.0 Å². The van der Waals surface area contributed by atoms with Crippen LogP contribution in [-0.4, -0.2) is 18.3 Å². The molecule has 0 radical (unpaired) electrons. The van der Waals surface area contributed by atoms with E-state index in [1.807, 2.05) is 0 Å². The van der Waals surface area contributed by atoms with Crippen LogP contribution in [-0.2, 0) is 6.54 Å². The second-order valence-electron chi connectivity index (χ2n) is 3.30. The lowest BCUT2D eigenvalue weighted by Crippen LogP contribution is -2.16. The van der Waals surface area contributed by atoms with Gasteiger partial charge in [-0.3, -0.25) is 0 Å². The van der Waals surface area contributed by atoms with Gasteiger partial charge in [0.05, 0.1) is 0 Å². The number of hydrogen-bond donors (Lipinski definition) is 2. The molecule has 0 amide bonds. The van der Waals surface area contributed by atoms with Crippen molar-refractivity contribution in [1.29, 1.82) is 0 Å². The molecule has 0 saturated carbocycles. The van der Waals surface area contributed by atoms with Crippen LogP contribution in [0.4, 0.5) is 0 Å². The molecule has 0 bridgehead atoms. The van der Waals surface area contributed by atoms with Crippen molar-refractivity contribution in [3.63, 3.8) is 0 Å². The van der Waals surface area contributed by atoms with Gasteiger partial charge in [-0.25, -0.2) is 0 Å². The van der Waals surface area contributed by atoms with Gasteiger partial charge >= 0.3 is 0 Å². The normalized spacial score (nSPS) is 10.5. The summed E-state index contributed by atoms with van der Waals surface area (Å²) in [7, 11) is 0. The minimum Gasteiger partial charge on any atom is -0.396 e. The van der Waals surface area contributed by atoms with Gasteiger partial charge in [-0.15, -0.1) is 0 Å². The van der Waals surface area contributed by atoms with Crippen LogP contribution in [0, 0.1) is 6.92 Å². The fourth-order valence-electron chi connectivity index (χ4n) is 1.27. The third kappa shape index (κ3) is 3.40. The summed E-state index contributed by atoms with van der Waals surface area (Å²) in [5, 5.41) is 11.9. The van der Waals surface area contributed by atoms with Crippen molar-refractivity contribution >= 4 is 15.9 Å². The Bertz CT molecular complexity index is 289. The van der Waals surface area contributed by atoms with Crippen LogP contribution in [0.2, 0.25) is 0 Å². The van der Waals surface area contributed by atoms with E-state index in [1.165, 1.54) is 15.6 Å². The number of nitrogens with one attached hydrogen (secondary N) is 1. The molecule has 14 heavy (non-hydrogen) atoms. The zero-order chi connectivity index (χ0) is 10.4. The Morgan fingerprint density at radius 2 is 2.21 bits per heavy atom. The van der Waals surface area contributed by atoms with E-state index in [9.17, 15) is 0 Å². The van der Waals surface area contributed by atoms with E-state index in [2.05, 4.69) is 46.4 Å². The van der Waals surface area contributed by atoms with Crippen molar-refractivity contribution in [2.45, 2.75) is 19.9 Å². The average molecular weight is 258 g/mol. The molecular formula is C11H16BrNO. The molecule has 3 heteroatoms. The number of aliphatic hydroxyl groups excluding tert-OH is 1. The second kappa shape index (κ2) is 6.17. The molecule has 0 aliphatic heterocycles. The van der Waals surface area contributed by atoms with Crippen molar-refractivity contribution in [2.24, 2.45) is 0 Å². The summed E-state index contributed by atoms with van der Waals surface area (Å²) in [6, 6.07) is 6.24. The van der Waals surface area contributed by atoms with E-state index in [0.717, 1.165) is 19.5 Å². The first kappa shape index (κ1) is 11.7. The molecule has 0 heterocycles. The first-order valence-corrected chi connectivity index (χ1v) is 5.60. The van der Waals surface area contributed by atoms with Gasteiger partial charge < -0.3 is 10.4 Å². The van der Waals surface area contributed by atoms with E-state index in [1.54, 1.807) is 0 Å². The highest BCUT2D eigenvalue weighted by Crippen LogP contribution is 2.20. The molecule has 0 unspecified atom stereocenters. The molecule has 0 fully saturated rings. The predicted octanol–water partition coefficient (Wildman–Crippen LogP) is 2.23. The zero-order valence-electron chi connectivity index (χ0n) is 8.39. The highest BCUT2D eigenvalue weighted by molar-refractivity contribution is 9.10. The molecule has 0 atom stereocenters. The lowest BCUT2D eigenvalue weighted by atomic mass is 10.1. The predicted molar refractivity (Wildman–Crippen MR) is 62.3 cm³/mol. The SMILES string of the molecule is Cc1cccc(CNCCCO)c1Br. The number of rotatable bonds is 5. The molecule has 0 spiro atoms. The molecule has 1 rings (SSSR count). The fourth-order valence-corrected chi connectivity index (χ4v) is 1.68. The Kier molecular flexibility index (Phi) is 5.15. The van der Waals surface area contributed by atoms with Crippen molar-refractivity contribution in [3.8, 4) is 0 Å². The van der Waals surface area contributed by atoms with Crippen LogP contribution in [0.5, 0.6) is 0 Å². The maximum Gasteiger partial charge on any atom is 0.0443 e. The lowest BCUT2D eigenvalue weighted by molar-refractivity contribution is 0.286. The van der Waals surface area contributed by atoms with E-state index in [4.69, 9.17) is 5.11 Å². The Hall–Kier alpha value is -0.380. The number of hydrogen-bond acceptors (Lipinski definition) is 2. The monoisotopic (exact) mass is 257 g/mol. The molecule has 0 aliphatic rings. The van der Waals surface area contributed by atoms with Gasteiger partial charge in [0.2, 0.25) is 0 Å². The minimum absolute atomic E-state index is 0.252. The molecule has 0 saturated heterocycles. The Labute approximate surface area is 93.5 Å². The van der Waals surface area contributed by atoms with E-state index < -0.39 is 0 Å². The van der Waals surface area contributed by atoms with Crippen LogP contribution in [0.25, 0.3) is 0 Å². The smallest absolute Gasteiger partial charge is 0.0443 e. The van der Waals surface area contributed by atoms with Gasteiger partial charge in [0, 0.05) is 17.6 Å². The molecule has 0 aromatic heterocycles. The standard InChI is InChI=1S/C11H16BrNO/c1-9-4-2-5-10(11(9)12)8-13-6-3-7-14/h2,4-5,13-14H,3,6-8H2,1H3. The van der Waals surface area contributed by atoms with Gasteiger partial charge in [0.15, 0.2) is 0 Å². The molecule has 1 aromatic carbocycles. The van der Waals surface area contributed by atoms with Gasteiger partial charge in [-0.1, -0.05) is 34.1 Å². The maximum absolute atomic E-state index is 8.61. The Morgan fingerprint density at radius 3 is 2.93 bits per heavy atom. The minimum atomic E-state index is 0.252. The van der Waals surface area contributed by atoms with Gasteiger partial charge in [0.25, 0.3) is 0 Å². The number of halogens is 1. The van der Waals surface area contributed by atoms with Crippen LogP contribution in [0.1, 0.15) is 17.5 Å². The summed E-state index contributed by atoms with van der Waals surface area (Å²) in [4.78, 5) is 0. The summed E-state index contributed by atoms with van der Waals surface area (Å²) >= 11 is 3.56. The maximum atomic E-state index is 8.61. The first-order valence-electron chi connectivity index (χ1n) is 4.81. The number of aryl methyl sites for hydroxylation is 1. The molecular weight excluding hydrogens is 242 g/mol. The van der Waals surface area contributed by atoms with Crippen molar-refractivity contribution in [2.75, 3.05) is 13.2 Å². The van der Waals surface area contributed by atoms with Gasteiger partial charge in [-0.2, -0.15) is 0 Å². The zero-order valence-corrected chi connectivity index (χ0v) is 9.97. The molecule has 2 N–H and O–H groups in total. The van der Waals surface area contributed by atoms with Crippen molar-refractivity contribution in [1.82, 2.24) is 5.32 Å². The Balaban J connectivity index is 2.46. The highest BCUT2D eigenvalue weighted by atomic mass is 79.9. The highest BCUT2D eigenvalue weighted by Gasteiger charge is 2.00. The van der Waals surface area contributed by atoms with E-state index >= 15 is 0 Å². The van der Waals surface area contributed by atoms with Crippen LogP contribution >= 0.6 is 15.9 Å². The molecule has 2 nitrogen and oxygen atoms in total. The summed E-state index contributed by atoms with van der Waals surface area (Å²) in [6.45, 7) is 4.04. The van der Waals surface area contributed by atoms with E-state index in [0.29, 0.717) is 0 Å². The third-order valence-corrected chi connectivity index (χ3v) is 3.23. The number of benzene rings is 1. The summed E-state index contributed by atoms with van der Waals surface area (Å²) in [5.41, 5.74) is 2.52. The van der Waals surface area contributed by atoms with Crippen molar-refractivity contribution < 1.29 is 5.11 Å². The number of aliphatic hydroxyl groups is 1. The van der Waals surface area contributed by atoms with Crippen LogP contribution < -0.4 is 5.32 Å². The second-order valence-corrected chi connectivity index (χ2v) is 4.09. The molecule has 1 aromatic rings. The third-order valence-electron chi connectivity index (χ3n) is 2.10. The topological polar surface area (TPSA) is 32.3 Å². The summed E-state index contributed by atoms with van der Waals surface area (Å²) < 4.78 is 1.18. The summed E-state index contributed by atoms with van der Waals surface area (Å²) in [5.74, 6) is 0. The first-order chi connectivity index (χ1) is 6.75. The fraction of sp³-hybridized carbons (Fsp3) is 0.455. The molecule has 0 aliphatic carbocycles. The molecule has 78 valence electrons. The largest absolute Gasteiger partial charge is 0.396 e. The lowest BCUT2D eigenvalue weighted by Gasteiger charge is -2.07. The quantitative estimate of drug-likeness (QED) is 0.794. The van der Waals surface area contributed by atoms with Crippen molar-refractivity contribution in [3.05, 3.63) is 33.8 Å². The van der Waals surface area contributed by atoms with Crippen LogP contribution in [0.15, 0.2) is 22.7 Å².